The number of ketones is 2. The quantitative estimate of drug-likeness (QED) is 0.718. The lowest BCUT2D eigenvalue weighted by molar-refractivity contribution is -0.131. The first-order chi connectivity index (χ1) is 8.00. The molecule has 0 aliphatic carbocycles. The van der Waals surface area contributed by atoms with Gasteiger partial charge in [-0.1, -0.05) is 0 Å². The summed E-state index contributed by atoms with van der Waals surface area (Å²) in [6, 6.07) is 3.26. The number of nitrogens with one attached hydrogen (secondary N) is 1. The van der Waals surface area contributed by atoms with Gasteiger partial charge in [0.2, 0.25) is 0 Å². The van der Waals surface area contributed by atoms with Crippen LogP contribution in [0.1, 0.15) is 12.7 Å². The summed E-state index contributed by atoms with van der Waals surface area (Å²) in [4.78, 5) is 33.3. The summed E-state index contributed by atoms with van der Waals surface area (Å²) in [5.41, 5.74) is 0. The second kappa shape index (κ2) is 5.83. The monoisotopic (exact) mass is 239 g/mol. The fourth-order valence-electron chi connectivity index (χ4n) is 1.38. The Bertz CT molecular complexity index is 410. The van der Waals surface area contributed by atoms with Gasteiger partial charge in [0.15, 0.2) is 5.78 Å². The zero-order valence-corrected chi connectivity index (χ0v) is 9.30. The Morgan fingerprint density at radius 2 is 2.18 bits per heavy atom. The lowest BCUT2D eigenvalue weighted by Crippen LogP contribution is -2.36. The van der Waals surface area contributed by atoms with Gasteiger partial charge in [0.1, 0.15) is 11.5 Å². The number of carbonyl (C=O) groups excluding carboxylic acids is 2. The molecule has 1 unspecified atom stereocenters. The van der Waals surface area contributed by atoms with Gasteiger partial charge in [0.05, 0.1) is 18.6 Å². The molecule has 1 aromatic heterocycles. The number of carbonyl (C=O) groups is 3. The van der Waals surface area contributed by atoms with Gasteiger partial charge in [0.25, 0.3) is 0 Å². The summed E-state index contributed by atoms with van der Waals surface area (Å²) in [5.74, 6) is -1.23. The summed E-state index contributed by atoms with van der Waals surface area (Å²) in [6.45, 7) is 1.05. The maximum atomic E-state index is 11.8. The average molecular weight is 239 g/mol. The van der Waals surface area contributed by atoms with Gasteiger partial charge in [-0.3, -0.25) is 9.59 Å². The molecule has 1 amide bonds. The Hall–Kier alpha value is -2.11. The molecule has 1 heterocycles. The van der Waals surface area contributed by atoms with Gasteiger partial charge >= 0.3 is 6.09 Å². The van der Waals surface area contributed by atoms with Crippen molar-refractivity contribution in [3.05, 3.63) is 24.2 Å². The Morgan fingerprint density at radius 1 is 1.47 bits per heavy atom. The van der Waals surface area contributed by atoms with E-state index in [9.17, 15) is 14.4 Å². The molecule has 0 saturated heterocycles. The highest BCUT2D eigenvalue weighted by atomic mass is 16.4. The third-order valence-electron chi connectivity index (χ3n) is 2.27. The Kier molecular flexibility index (Phi) is 4.45. The molecule has 0 bridgehead atoms. The smallest absolute Gasteiger partial charge is 0.404 e. The number of hydrogen-bond acceptors (Lipinski definition) is 4. The van der Waals surface area contributed by atoms with E-state index >= 15 is 0 Å². The highest BCUT2D eigenvalue weighted by molar-refractivity contribution is 6.02. The molecular weight excluding hydrogens is 226 g/mol. The highest BCUT2D eigenvalue weighted by Gasteiger charge is 2.24. The molecule has 0 saturated carbocycles. The van der Waals surface area contributed by atoms with E-state index in [0.717, 1.165) is 0 Å². The van der Waals surface area contributed by atoms with Crippen LogP contribution in [-0.4, -0.2) is 29.3 Å². The van der Waals surface area contributed by atoms with Crippen LogP contribution < -0.4 is 5.32 Å². The molecule has 92 valence electrons. The third-order valence-corrected chi connectivity index (χ3v) is 2.27. The van der Waals surface area contributed by atoms with Crippen molar-refractivity contribution in [1.82, 2.24) is 5.32 Å². The Labute approximate surface area is 97.6 Å². The molecule has 6 nitrogen and oxygen atoms in total. The number of Topliss-reactive ketones (excluding diaryl/α,β-unsaturated/α-hetero) is 2. The molecule has 0 aliphatic rings. The van der Waals surface area contributed by atoms with Crippen molar-refractivity contribution in [3.8, 4) is 0 Å². The van der Waals surface area contributed by atoms with Crippen LogP contribution in [0.25, 0.3) is 0 Å². The molecule has 2 N–H and O–H groups in total. The van der Waals surface area contributed by atoms with E-state index < -0.39 is 12.0 Å². The van der Waals surface area contributed by atoms with Gasteiger partial charge in [-0.25, -0.2) is 4.79 Å². The van der Waals surface area contributed by atoms with E-state index in [1.807, 2.05) is 5.32 Å². The van der Waals surface area contributed by atoms with Crippen molar-refractivity contribution >= 4 is 17.7 Å². The van der Waals surface area contributed by atoms with Crippen molar-refractivity contribution in [2.45, 2.75) is 13.3 Å². The standard InChI is InChI=1S/C11H13NO5/c1-7(13)9(6-12-11(15)16)10(14)5-8-3-2-4-17-8/h2-4,9,12H,5-6H2,1H3,(H,15,16). The average Bonchev–Trinajstić information content (AvgIpc) is 2.69. The number of amides is 1. The predicted molar refractivity (Wildman–Crippen MR) is 57.6 cm³/mol. The van der Waals surface area contributed by atoms with Crippen LogP contribution >= 0.6 is 0 Å². The highest BCUT2D eigenvalue weighted by Crippen LogP contribution is 2.08. The molecule has 0 aromatic carbocycles. The third kappa shape index (κ3) is 4.10. The molecule has 0 spiro atoms. The Morgan fingerprint density at radius 3 is 2.65 bits per heavy atom. The van der Waals surface area contributed by atoms with Crippen molar-refractivity contribution in [2.24, 2.45) is 5.92 Å². The van der Waals surface area contributed by atoms with E-state index in [1.54, 1.807) is 12.1 Å². The van der Waals surface area contributed by atoms with Gasteiger partial charge in [0, 0.05) is 6.54 Å². The first-order valence-electron chi connectivity index (χ1n) is 5.03. The molecule has 6 heteroatoms. The van der Waals surface area contributed by atoms with Crippen molar-refractivity contribution in [2.75, 3.05) is 6.54 Å². The van der Waals surface area contributed by atoms with Crippen molar-refractivity contribution in [3.63, 3.8) is 0 Å². The summed E-state index contributed by atoms with van der Waals surface area (Å²) >= 11 is 0. The topological polar surface area (TPSA) is 96.6 Å². The molecule has 0 fully saturated rings. The molecule has 1 rings (SSSR count). The number of carboxylic acid groups (broad SMARTS) is 1. The van der Waals surface area contributed by atoms with Gasteiger partial charge in [-0.2, -0.15) is 0 Å². The van der Waals surface area contributed by atoms with Gasteiger partial charge in [-0.15, -0.1) is 0 Å². The molecule has 0 radical (unpaired) electrons. The summed E-state index contributed by atoms with van der Waals surface area (Å²) in [5, 5.41) is 10.5. The van der Waals surface area contributed by atoms with Crippen LogP contribution in [0, 0.1) is 5.92 Å². The number of hydrogen-bond donors (Lipinski definition) is 2. The second-order valence-corrected chi connectivity index (χ2v) is 3.57. The van der Waals surface area contributed by atoms with E-state index in [2.05, 4.69) is 0 Å². The van der Waals surface area contributed by atoms with Crippen LogP contribution in [0.5, 0.6) is 0 Å². The van der Waals surface area contributed by atoms with Crippen LogP contribution in [0.15, 0.2) is 22.8 Å². The van der Waals surface area contributed by atoms with Crippen molar-refractivity contribution in [1.29, 1.82) is 0 Å². The number of furan rings is 1. The zero-order valence-electron chi connectivity index (χ0n) is 9.30. The van der Waals surface area contributed by atoms with Crippen LogP contribution in [0.3, 0.4) is 0 Å². The fourth-order valence-corrected chi connectivity index (χ4v) is 1.38. The van der Waals surface area contributed by atoms with Crippen LogP contribution in [0.4, 0.5) is 4.79 Å². The molecule has 17 heavy (non-hydrogen) atoms. The maximum absolute atomic E-state index is 11.8. The van der Waals surface area contributed by atoms with E-state index in [-0.39, 0.29) is 24.5 Å². The SMILES string of the molecule is CC(=O)C(CNC(=O)O)C(=O)Cc1ccco1. The Balaban J connectivity index is 2.60. The van der Waals surface area contributed by atoms with Crippen molar-refractivity contribution < 1.29 is 23.9 Å². The predicted octanol–water partition coefficient (Wildman–Crippen LogP) is 0.864. The lowest BCUT2D eigenvalue weighted by Gasteiger charge is -2.11. The lowest BCUT2D eigenvalue weighted by atomic mass is 9.97. The maximum Gasteiger partial charge on any atom is 0.404 e. The second-order valence-electron chi connectivity index (χ2n) is 3.57. The molecular formula is C11H13NO5. The van der Waals surface area contributed by atoms with E-state index in [4.69, 9.17) is 9.52 Å². The summed E-state index contributed by atoms with van der Waals surface area (Å²) in [7, 11) is 0. The first kappa shape index (κ1) is 13.0. The van der Waals surface area contributed by atoms with E-state index in [0.29, 0.717) is 5.76 Å². The molecule has 1 atom stereocenters. The molecule has 0 aliphatic heterocycles. The molecule has 1 aromatic rings. The zero-order chi connectivity index (χ0) is 12.8. The van der Waals surface area contributed by atoms with E-state index in [1.165, 1.54) is 13.2 Å². The minimum atomic E-state index is -1.26. The fraction of sp³-hybridized carbons (Fsp3) is 0.364. The van der Waals surface area contributed by atoms with Gasteiger partial charge in [-0.05, 0) is 19.1 Å². The van der Waals surface area contributed by atoms with Gasteiger partial charge < -0.3 is 14.8 Å². The first-order valence-corrected chi connectivity index (χ1v) is 5.03. The van der Waals surface area contributed by atoms with Crippen LogP contribution in [-0.2, 0) is 16.0 Å². The minimum Gasteiger partial charge on any atom is -0.469 e. The van der Waals surface area contributed by atoms with Crippen LogP contribution in [0.2, 0.25) is 0 Å². The summed E-state index contributed by atoms with van der Waals surface area (Å²) < 4.78 is 4.99. The largest absolute Gasteiger partial charge is 0.469 e. The number of rotatable bonds is 6. The summed E-state index contributed by atoms with van der Waals surface area (Å²) in [6.07, 6.45) is 0.154. The normalized spacial score (nSPS) is 11.8. The minimum absolute atomic E-state index is 0.0153.